The number of nitrogens with one attached hydrogen (secondary N) is 1. The van der Waals surface area contributed by atoms with Crippen molar-refractivity contribution in [2.24, 2.45) is 11.7 Å². The van der Waals surface area contributed by atoms with Gasteiger partial charge in [0.15, 0.2) is 0 Å². The maximum Gasteiger partial charge on any atom is 0.241 e. The third-order valence-corrected chi connectivity index (χ3v) is 6.60. The van der Waals surface area contributed by atoms with Crippen molar-refractivity contribution in [3.05, 3.63) is 15.8 Å². The van der Waals surface area contributed by atoms with Crippen LogP contribution in [0.25, 0.3) is 0 Å². The topological polar surface area (TPSA) is 72.2 Å². The Morgan fingerprint density at radius 3 is 2.53 bits per heavy atom. The normalized spacial score (nSPS) is 24.6. The Morgan fingerprint density at radius 1 is 1.37 bits per heavy atom. The van der Waals surface area contributed by atoms with Crippen LogP contribution in [0.3, 0.4) is 0 Å². The van der Waals surface area contributed by atoms with Crippen LogP contribution in [0.2, 0.25) is 0 Å². The SMILES string of the molecule is Cc1sc(CN)cc1S(=O)(=O)NC1CCC(C)CC1. The molecule has 0 unspecified atom stereocenters. The van der Waals surface area contributed by atoms with Gasteiger partial charge in [-0.05, 0) is 44.6 Å². The Kier molecular flexibility index (Phi) is 4.66. The highest BCUT2D eigenvalue weighted by Crippen LogP contribution is 2.28. The Labute approximate surface area is 119 Å². The average molecular weight is 302 g/mol. The molecule has 0 aliphatic heterocycles. The first kappa shape index (κ1) is 15.0. The van der Waals surface area contributed by atoms with Gasteiger partial charge in [-0.3, -0.25) is 0 Å². The molecule has 1 aliphatic rings. The number of rotatable bonds is 4. The summed E-state index contributed by atoms with van der Waals surface area (Å²) in [7, 11) is -3.39. The van der Waals surface area contributed by atoms with Crippen molar-refractivity contribution >= 4 is 21.4 Å². The van der Waals surface area contributed by atoms with Crippen molar-refractivity contribution in [1.29, 1.82) is 0 Å². The predicted molar refractivity (Wildman–Crippen MR) is 78.7 cm³/mol. The second kappa shape index (κ2) is 5.91. The molecule has 1 aromatic heterocycles. The zero-order valence-electron chi connectivity index (χ0n) is 11.5. The first-order valence-electron chi connectivity index (χ1n) is 6.74. The van der Waals surface area contributed by atoms with E-state index >= 15 is 0 Å². The molecule has 4 nitrogen and oxygen atoms in total. The van der Waals surface area contributed by atoms with E-state index in [9.17, 15) is 8.42 Å². The van der Waals surface area contributed by atoms with Crippen LogP contribution in [0.1, 0.15) is 42.4 Å². The molecule has 1 aliphatic carbocycles. The number of thiophene rings is 1. The van der Waals surface area contributed by atoms with Crippen molar-refractivity contribution in [2.45, 2.75) is 57.0 Å². The summed E-state index contributed by atoms with van der Waals surface area (Å²) in [5.74, 6) is 0.715. The van der Waals surface area contributed by atoms with E-state index in [1.165, 1.54) is 11.3 Å². The lowest BCUT2D eigenvalue weighted by atomic mass is 9.88. The second-order valence-corrected chi connectivity index (χ2v) is 8.44. The smallest absolute Gasteiger partial charge is 0.241 e. The summed E-state index contributed by atoms with van der Waals surface area (Å²) in [6.07, 6.45) is 4.08. The summed E-state index contributed by atoms with van der Waals surface area (Å²) >= 11 is 1.46. The van der Waals surface area contributed by atoms with Crippen LogP contribution < -0.4 is 10.5 Å². The minimum Gasteiger partial charge on any atom is -0.326 e. The van der Waals surface area contributed by atoms with Gasteiger partial charge in [-0.15, -0.1) is 11.3 Å². The van der Waals surface area contributed by atoms with Crippen LogP contribution in [0.15, 0.2) is 11.0 Å². The first-order valence-corrected chi connectivity index (χ1v) is 9.04. The van der Waals surface area contributed by atoms with Gasteiger partial charge in [-0.2, -0.15) is 0 Å². The molecule has 0 bridgehead atoms. The molecule has 6 heteroatoms. The largest absolute Gasteiger partial charge is 0.326 e. The molecule has 0 saturated heterocycles. The highest BCUT2D eigenvalue weighted by Gasteiger charge is 2.26. The molecule has 1 saturated carbocycles. The van der Waals surface area contributed by atoms with E-state index < -0.39 is 10.0 Å². The van der Waals surface area contributed by atoms with Gasteiger partial charge in [0, 0.05) is 22.3 Å². The Bertz CT molecular complexity index is 529. The highest BCUT2D eigenvalue weighted by molar-refractivity contribution is 7.89. The summed E-state index contributed by atoms with van der Waals surface area (Å²) in [6.45, 7) is 4.45. The molecule has 108 valence electrons. The molecule has 0 amide bonds. The number of aryl methyl sites for hydroxylation is 1. The highest BCUT2D eigenvalue weighted by atomic mass is 32.2. The van der Waals surface area contributed by atoms with Gasteiger partial charge in [0.05, 0.1) is 4.90 Å². The van der Waals surface area contributed by atoms with Crippen LogP contribution in [-0.4, -0.2) is 14.5 Å². The zero-order valence-corrected chi connectivity index (χ0v) is 13.1. The summed E-state index contributed by atoms with van der Waals surface area (Å²) in [4.78, 5) is 2.13. The molecular formula is C13H22N2O2S2. The van der Waals surface area contributed by atoms with E-state index in [1.54, 1.807) is 6.07 Å². The summed E-state index contributed by atoms with van der Waals surface area (Å²) in [5.41, 5.74) is 5.57. The van der Waals surface area contributed by atoms with Crippen molar-refractivity contribution in [2.75, 3.05) is 0 Å². The Balaban J connectivity index is 2.11. The molecule has 0 spiro atoms. The second-order valence-electron chi connectivity index (χ2n) is 5.42. The number of hydrogen-bond donors (Lipinski definition) is 2. The van der Waals surface area contributed by atoms with Crippen LogP contribution in [-0.2, 0) is 16.6 Å². The lowest BCUT2D eigenvalue weighted by Gasteiger charge is -2.26. The molecule has 19 heavy (non-hydrogen) atoms. The molecular weight excluding hydrogens is 280 g/mol. The van der Waals surface area contributed by atoms with Gasteiger partial charge >= 0.3 is 0 Å². The molecule has 0 atom stereocenters. The molecule has 1 fully saturated rings. The lowest BCUT2D eigenvalue weighted by molar-refractivity contribution is 0.332. The van der Waals surface area contributed by atoms with E-state index in [-0.39, 0.29) is 6.04 Å². The van der Waals surface area contributed by atoms with Crippen LogP contribution in [0, 0.1) is 12.8 Å². The lowest BCUT2D eigenvalue weighted by Crippen LogP contribution is -2.37. The Hall–Kier alpha value is -0.430. The van der Waals surface area contributed by atoms with Gasteiger partial charge in [-0.1, -0.05) is 6.92 Å². The van der Waals surface area contributed by atoms with Gasteiger partial charge in [0.25, 0.3) is 0 Å². The molecule has 0 radical (unpaired) electrons. The van der Waals surface area contributed by atoms with Crippen molar-refractivity contribution < 1.29 is 8.42 Å². The van der Waals surface area contributed by atoms with Crippen molar-refractivity contribution in [1.82, 2.24) is 4.72 Å². The van der Waals surface area contributed by atoms with E-state index in [2.05, 4.69) is 11.6 Å². The van der Waals surface area contributed by atoms with Crippen LogP contribution in [0.5, 0.6) is 0 Å². The summed E-state index contributed by atoms with van der Waals surface area (Å²) < 4.78 is 27.6. The number of sulfonamides is 1. The molecule has 3 N–H and O–H groups in total. The molecule has 1 aromatic rings. The average Bonchev–Trinajstić information content (AvgIpc) is 2.74. The van der Waals surface area contributed by atoms with Crippen molar-refractivity contribution in [3.63, 3.8) is 0 Å². The van der Waals surface area contributed by atoms with Crippen LogP contribution in [0.4, 0.5) is 0 Å². The fraction of sp³-hybridized carbons (Fsp3) is 0.692. The number of nitrogens with two attached hydrogens (primary N) is 1. The van der Waals surface area contributed by atoms with Crippen LogP contribution >= 0.6 is 11.3 Å². The van der Waals surface area contributed by atoms with Crippen molar-refractivity contribution in [3.8, 4) is 0 Å². The summed E-state index contributed by atoms with van der Waals surface area (Å²) in [6, 6.07) is 1.79. The maximum absolute atomic E-state index is 12.4. The third-order valence-electron chi connectivity index (χ3n) is 3.75. The number of hydrogen-bond acceptors (Lipinski definition) is 4. The standard InChI is InChI=1S/C13H22N2O2S2/c1-9-3-5-11(6-4-9)15-19(16,17)13-7-12(8-14)18-10(13)2/h7,9,11,15H,3-6,8,14H2,1-2H3. The van der Waals surface area contributed by atoms with E-state index in [0.717, 1.165) is 35.4 Å². The van der Waals surface area contributed by atoms with E-state index in [1.807, 2.05) is 6.92 Å². The van der Waals surface area contributed by atoms with E-state index in [4.69, 9.17) is 5.73 Å². The van der Waals surface area contributed by atoms with Gasteiger partial charge < -0.3 is 5.73 Å². The molecule has 0 aromatic carbocycles. The zero-order chi connectivity index (χ0) is 14.0. The molecule has 1 heterocycles. The first-order chi connectivity index (χ1) is 8.92. The Morgan fingerprint density at radius 2 is 2.00 bits per heavy atom. The summed E-state index contributed by atoms with van der Waals surface area (Å²) in [5, 5.41) is 0. The fourth-order valence-corrected chi connectivity index (χ4v) is 5.37. The van der Waals surface area contributed by atoms with E-state index in [0.29, 0.717) is 17.4 Å². The monoisotopic (exact) mass is 302 g/mol. The third kappa shape index (κ3) is 3.56. The molecule has 2 rings (SSSR count). The van der Waals surface area contributed by atoms with Gasteiger partial charge in [0.1, 0.15) is 0 Å². The maximum atomic E-state index is 12.4. The van der Waals surface area contributed by atoms with Gasteiger partial charge in [-0.25, -0.2) is 13.1 Å². The quantitative estimate of drug-likeness (QED) is 0.897. The minimum absolute atomic E-state index is 0.0850. The fourth-order valence-electron chi connectivity index (χ4n) is 2.55. The predicted octanol–water partition coefficient (Wildman–Crippen LogP) is 2.37. The van der Waals surface area contributed by atoms with Gasteiger partial charge in [0.2, 0.25) is 10.0 Å². The minimum atomic E-state index is -3.39.